The Balaban J connectivity index is 1.61. The SMILES string of the molecule is CCc1nc2ccccc2n1CC(=O)NCC(=O)Nc1ccc(Br)cc1C. The minimum Gasteiger partial charge on any atom is -0.345 e. The Morgan fingerprint density at radius 2 is 1.93 bits per heavy atom. The van der Waals surface area contributed by atoms with Crippen LogP contribution in [0.5, 0.6) is 0 Å². The zero-order valence-corrected chi connectivity index (χ0v) is 16.8. The molecule has 0 saturated heterocycles. The molecule has 0 saturated carbocycles. The summed E-state index contributed by atoms with van der Waals surface area (Å²) in [5.41, 5.74) is 3.46. The number of carbonyl (C=O) groups is 2. The van der Waals surface area contributed by atoms with Crippen LogP contribution < -0.4 is 10.6 Å². The number of halogens is 1. The van der Waals surface area contributed by atoms with E-state index in [0.717, 1.165) is 39.0 Å². The summed E-state index contributed by atoms with van der Waals surface area (Å²) in [6.07, 6.45) is 0.727. The minimum atomic E-state index is -0.264. The summed E-state index contributed by atoms with van der Waals surface area (Å²) in [6, 6.07) is 13.3. The molecule has 2 amide bonds. The minimum absolute atomic E-state index is 0.0809. The van der Waals surface area contributed by atoms with Crippen LogP contribution >= 0.6 is 15.9 Å². The van der Waals surface area contributed by atoms with Crippen molar-refractivity contribution in [3.63, 3.8) is 0 Å². The van der Waals surface area contributed by atoms with Crippen LogP contribution in [0.3, 0.4) is 0 Å². The number of nitrogens with one attached hydrogen (secondary N) is 2. The maximum absolute atomic E-state index is 12.3. The summed E-state index contributed by atoms with van der Waals surface area (Å²) >= 11 is 3.39. The fourth-order valence-corrected chi connectivity index (χ4v) is 3.39. The average molecular weight is 429 g/mol. The third-order valence-corrected chi connectivity index (χ3v) is 4.75. The van der Waals surface area contributed by atoms with E-state index in [4.69, 9.17) is 0 Å². The van der Waals surface area contributed by atoms with Crippen molar-refractivity contribution in [2.75, 3.05) is 11.9 Å². The Morgan fingerprint density at radius 1 is 1.15 bits per heavy atom. The number of rotatable bonds is 6. The first-order valence-electron chi connectivity index (χ1n) is 8.74. The second kappa shape index (κ2) is 8.35. The molecular weight excluding hydrogens is 408 g/mol. The van der Waals surface area contributed by atoms with E-state index in [-0.39, 0.29) is 24.9 Å². The van der Waals surface area contributed by atoms with Gasteiger partial charge in [0.1, 0.15) is 12.4 Å². The zero-order valence-electron chi connectivity index (χ0n) is 15.3. The maximum atomic E-state index is 12.3. The van der Waals surface area contributed by atoms with E-state index in [1.807, 2.05) is 60.9 Å². The van der Waals surface area contributed by atoms with E-state index in [0.29, 0.717) is 0 Å². The van der Waals surface area contributed by atoms with Gasteiger partial charge in [0.05, 0.1) is 17.6 Å². The van der Waals surface area contributed by atoms with Crippen LogP contribution in [-0.2, 0) is 22.6 Å². The highest BCUT2D eigenvalue weighted by Crippen LogP contribution is 2.20. The lowest BCUT2D eigenvalue weighted by Crippen LogP contribution is -2.35. The second-order valence-electron chi connectivity index (χ2n) is 6.24. The molecule has 0 aliphatic carbocycles. The van der Waals surface area contributed by atoms with Crippen LogP contribution in [0.1, 0.15) is 18.3 Å². The summed E-state index contributed by atoms with van der Waals surface area (Å²) in [7, 11) is 0. The molecule has 0 unspecified atom stereocenters. The molecule has 140 valence electrons. The van der Waals surface area contributed by atoms with Gasteiger partial charge < -0.3 is 15.2 Å². The third kappa shape index (κ3) is 4.54. The molecule has 0 spiro atoms. The summed E-state index contributed by atoms with van der Waals surface area (Å²) in [4.78, 5) is 29.0. The zero-order chi connectivity index (χ0) is 19.4. The van der Waals surface area contributed by atoms with Crippen molar-refractivity contribution < 1.29 is 9.59 Å². The molecule has 1 heterocycles. The van der Waals surface area contributed by atoms with Gasteiger partial charge in [0.25, 0.3) is 0 Å². The van der Waals surface area contributed by atoms with Gasteiger partial charge in [0.15, 0.2) is 0 Å². The first-order valence-corrected chi connectivity index (χ1v) is 9.54. The summed E-state index contributed by atoms with van der Waals surface area (Å²) in [5, 5.41) is 5.49. The smallest absolute Gasteiger partial charge is 0.243 e. The summed E-state index contributed by atoms with van der Waals surface area (Å²) in [5.74, 6) is 0.358. The number of imidazole rings is 1. The second-order valence-corrected chi connectivity index (χ2v) is 7.16. The Labute approximate surface area is 166 Å². The molecule has 0 fully saturated rings. The van der Waals surface area contributed by atoms with E-state index in [9.17, 15) is 9.59 Å². The number of aryl methyl sites for hydroxylation is 2. The van der Waals surface area contributed by atoms with E-state index in [1.54, 1.807) is 0 Å². The fourth-order valence-electron chi connectivity index (χ4n) is 2.91. The van der Waals surface area contributed by atoms with Gasteiger partial charge in [-0.25, -0.2) is 4.98 Å². The number of hydrogen-bond donors (Lipinski definition) is 2. The van der Waals surface area contributed by atoms with E-state index >= 15 is 0 Å². The number of carbonyl (C=O) groups excluding carboxylic acids is 2. The first-order chi connectivity index (χ1) is 13.0. The van der Waals surface area contributed by atoms with Crippen molar-refractivity contribution in [3.8, 4) is 0 Å². The number of amides is 2. The van der Waals surface area contributed by atoms with E-state index in [1.165, 1.54) is 0 Å². The molecule has 1 aromatic heterocycles. The van der Waals surface area contributed by atoms with Gasteiger partial charge >= 0.3 is 0 Å². The molecule has 2 aromatic carbocycles. The molecule has 0 bridgehead atoms. The molecular formula is C20H21BrN4O2. The lowest BCUT2D eigenvalue weighted by Gasteiger charge is -2.11. The molecule has 0 atom stereocenters. The number of fused-ring (bicyclic) bond motifs is 1. The van der Waals surface area contributed by atoms with Crippen molar-refractivity contribution in [1.82, 2.24) is 14.9 Å². The average Bonchev–Trinajstić information content (AvgIpc) is 3.00. The van der Waals surface area contributed by atoms with Gasteiger partial charge in [-0.2, -0.15) is 0 Å². The quantitative estimate of drug-likeness (QED) is 0.631. The molecule has 0 aliphatic rings. The van der Waals surface area contributed by atoms with Crippen LogP contribution in [0, 0.1) is 6.92 Å². The van der Waals surface area contributed by atoms with E-state index < -0.39 is 0 Å². The number of nitrogens with zero attached hydrogens (tertiary/aromatic N) is 2. The van der Waals surface area contributed by atoms with Gasteiger partial charge in [-0.15, -0.1) is 0 Å². The van der Waals surface area contributed by atoms with Crippen LogP contribution in [-0.4, -0.2) is 27.9 Å². The van der Waals surface area contributed by atoms with Gasteiger partial charge in [0, 0.05) is 16.6 Å². The van der Waals surface area contributed by atoms with E-state index in [2.05, 4.69) is 31.5 Å². The molecule has 3 rings (SSSR count). The Morgan fingerprint density at radius 3 is 2.67 bits per heavy atom. The van der Waals surface area contributed by atoms with Crippen LogP contribution in [0.2, 0.25) is 0 Å². The standard InChI is InChI=1S/C20H21BrN4O2/c1-3-18-23-16-6-4-5-7-17(16)25(18)12-20(27)22-11-19(26)24-15-9-8-14(21)10-13(15)2/h4-10H,3,11-12H2,1-2H3,(H,22,27)(H,24,26). The fraction of sp³-hybridized carbons (Fsp3) is 0.250. The topological polar surface area (TPSA) is 76.0 Å². The predicted molar refractivity (Wildman–Crippen MR) is 110 cm³/mol. The molecule has 2 N–H and O–H groups in total. The highest BCUT2D eigenvalue weighted by Gasteiger charge is 2.13. The molecule has 27 heavy (non-hydrogen) atoms. The van der Waals surface area contributed by atoms with Crippen molar-refractivity contribution >= 4 is 44.5 Å². The van der Waals surface area contributed by atoms with Gasteiger partial charge in [-0.05, 0) is 42.8 Å². The highest BCUT2D eigenvalue weighted by molar-refractivity contribution is 9.10. The monoisotopic (exact) mass is 428 g/mol. The highest BCUT2D eigenvalue weighted by atomic mass is 79.9. The van der Waals surface area contributed by atoms with Crippen molar-refractivity contribution in [3.05, 3.63) is 58.3 Å². The van der Waals surface area contributed by atoms with Crippen LogP contribution in [0.4, 0.5) is 5.69 Å². The molecule has 7 heteroatoms. The van der Waals surface area contributed by atoms with Crippen molar-refractivity contribution in [2.24, 2.45) is 0 Å². The predicted octanol–water partition coefficient (Wildman–Crippen LogP) is 3.42. The number of aromatic nitrogens is 2. The lowest BCUT2D eigenvalue weighted by atomic mass is 10.2. The largest absolute Gasteiger partial charge is 0.345 e. The van der Waals surface area contributed by atoms with Crippen molar-refractivity contribution in [1.29, 1.82) is 0 Å². The molecule has 6 nitrogen and oxygen atoms in total. The molecule has 0 aliphatic heterocycles. The summed E-state index contributed by atoms with van der Waals surface area (Å²) in [6.45, 7) is 3.97. The van der Waals surface area contributed by atoms with Gasteiger partial charge in [-0.1, -0.05) is 35.0 Å². The number of benzene rings is 2. The molecule has 3 aromatic rings. The van der Waals surface area contributed by atoms with Crippen LogP contribution in [0.25, 0.3) is 11.0 Å². The normalized spacial score (nSPS) is 10.8. The lowest BCUT2D eigenvalue weighted by molar-refractivity contribution is -0.124. The maximum Gasteiger partial charge on any atom is 0.243 e. The molecule has 0 radical (unpaired) electrons. The Kier molecular flexibility index (Phi) is 5.91. The number of anilines is 1. The Bertz CT molecular complexity index is 997. The Hall–Kier alpha value is -2.67. The first kappa shape index (κ1) is 19.1. The van der Waals surface area contributed by atoms with Gasteiger partial charge in [0.2, 0.25) is 11.8 Å². The van der Waals surface area contributed by atoms with Crippen LogP contribution in [0.15, 0.2) is 46.9 Å². The van der Waals surface area contributed by atoms with Gasteiger partial charge in [-0.3, -0.25) is 9.59 Å². The number of para-hydroxylation sites is 2. The number of hydrogen-bond acceptors (Lipinski definition) is 3. The van der Waals surface area contributed by atoms with Crippen molar-refractivity contribution in [2.45, 2.75) is 26.8 Å². The third-order valence-electron chi connectivity index (χ3n) is 4.26. The summed E-state index contributed by atoms with van der Waals surface area (Å²) < 4.78 is 2.84.